The van der Waals surface area contributed by atoms with Crippen LogP contribution in [0.3, 0.4) is 0 Å². The molecule has 4 nitrogen and oxygen atoms in total. The number of carbonyl (C=O) groups excluding carboxylic acids is 1. The Bertz CT molecular complexity index is 685. The van der Waals surface area contributed by atoms with Gasteiger partial charge in [-0.05, 0) is 37.5 Å². The minimum Gasteiger partial charge on any atom is -0.355 e. The number of alkyl halides is 1. The first kappa shape index (κ1) is 17.9. The van der Waals surface area contributed by atoms with Gasteiger partial charge in [-0.3, -0.25) is 14.1 Å². The van der Waals surface area contributed by atoms with Gasteiger partial charge in [0.05, 0.1) is 25.5 Å². The summed E-state index contributed by atoms with van der Waals surface area (Å²) in [5.74, 6) is 2.74. The van der Waals surface area contributed by atoms with E-state index in [9.17, 15) is 9.18 Å². The van der Waals surface area contributed by atoms with Crippen LogP contribution in [-0.2, 0) is 15.3 Å². The lowest BCUT2D eigenvalue weighted by Gasteiger charge is -2.36. The molecule has 0 bridgehead atoms. The van der Waals surface area contributed by atoms with Gasteiger partial charge in [0.2, 0.25) is 5.91 Å². The molecule has 0 radical (unpaired) electrons. The van der Waals surface area contributed by atoms with Crippen LogP contribution in [0, 0.1) is 12.3 Å². The zero-order valence-corrected chi connectivity index (χ0v) is 14.8. The van der Waals surface area contributed by atoms with Crippen molar-refractivity contribution in [3.8, 4) is 12.3 Å². The summed E-state index contributed by atoms with van der Waals surface area (Å²) >= 11 is 0. The van der Waals surface area contributed by atoms with E-state index in [1.54, 1.807) is 11.9 Å². The molecule has 0 aliphatic carbocycles. The summed E-state index contributed by atoms with van der Waals surface area (Å²) in [7, 11) is 1.80. The highest BCUT2D eigenvalue weighted by Gasteiger charge is 2.48. The normalized spacial score (nSPS) is 23.1. The molecule has 0 saturated carbocycles. The van der Waals surface area contributed by atoms with Gasteiger partial charge in [0.15, 0.2) is 0 Å². The van der Waals surface area contributed by atoms with Crippen LogP contribution in [0.2, 0.25) is 0 Å². The monoisotopic (exact) mass is 344 g/mol. The van der Waals surface area contributed by atoms with E-state index in [0.29, 0.717) is 19.6 Å². The first-order chi connectivity index (χ1) is 12.1. The van der Waals surface area contributed by atoms with Gasteiger partial charge < -0.3 is 9.64 Å². The summed E-state index contributed by atoms with van der Waals surface area (Å²) in [5, 5.41) is 0. The van der Waals surface area contributed by atoms with E-state index in [4.69, 9.17) is 11.2 Å². The van der Waals surface area contributed by atoms with Crippen LogP contribution in [0.4, 0.5) is 10.1 Å². The number of carbonyl (C=O) groups is 1. The zero-order chi connectivity index (χ0) is 17.9. The lowest BCUT2D eigenvalue weighted by Crippen LogP contribution is -2.44. The highest BCUT2D eigenvalue weighted by molar-refractivity contribution is 5.96. The Balaban J connectivity index is 1.97. The molecule has 3 rings (SSSR count). The van der Waals surface area contributed by atoms with E-state index < -0.39 is 5.72 Å². The molecule has 134 valence electrons. The average Bonchev–Trinajstić information content (AvgIpc) is 3.00. The fourth-order valence-electron chi connectivity index (χ4n) is 3.86. The van der Waals surface area contributed by atoms with Crippen molar-refractivity contribution in [3.63, 3.8) is 0 Å². The van der Waals surface area contributed by atoms with Gasteiger partial charge in [-0.2, -0.15) is 0 Å². The second kappa shape index (κ2) is 7.55. The minimum absolute atomic E-state index is 0.0551. The van der Waals surface area contributed by atoms with Crippen LogP contribution < -0.4 is 4.90 Å². The van der Waals surface area contributed by atoms with E-state index in [-0.39, 0.29) is 12.6 Å². The molecule has 2 aliphatic heterocycles. The number of fused-ring (bicyclic) bond motifs is 3. The molecule has 0 N–H and O–H groups in total. The molecule has 2 aliphatic rings. The second-order valence-electron chi connectivity index (χ2n) is 6.74. The lowest BCUT2D eigenvalue weighted by molar-refractivity contribution is -0.127. The number of rotatable bonds is 6. The van der Waals surface area contributed by atoms with Gasteiger partial charge in [0, 0.05) is 24.7 Å². The third-order valence-electron chi connectivity index (χ3n) is 5.26. The maximum atomic E-state index is 12.6. The van der Waals surface area contributed by atoms with Crippen LogP contribution >= 0.6 is 0 Å². The van der Waals surface area contributed by atoms with Gasteiger partial charge in [-0.15, -0.1) is 6.42 Å². The standard InChI is InChI=1S/C20H25FN2O2/c1-3-16-8-9-18-17(14-16)20(10-6-4-5-7-11-21)23(12-13-25-20)15-19(24)22(18)2/h1,8-9,14H,4-7,10-13,15H2,2H3. The number of unbranched alkanes of at least 4 members (excludes halogenated alkanes) is 3. The quantitative estimate of drug-likeness (QED) is 0.587. The number of halogens is 1. The summed E-state index contributed by atoms with van der Waals surface area (Å²) in [4.78, 5) is 16.4. The fraction of sp³-hybridized carbons (Fsp3) is 0.550. The fourth-order valence-corrected chi connectivity index (χ4v) is 3.86. The molecule has 0 aromatic heterocycles. The van der Waals surface area contributed by atoms with Crippen LogP contribution in [0.1, 0.15) is 43.2 Å². The molecule has 1 saturated heterocycles. The van der Waals surface area contributed by atoms with Crippen molar-refractivity contribution in [3.05, 3.63) is 29.3 Å². The largest absolute Gasteiger partial charge is 0.355 e. The Morgan fingerprint density at radius 2 is 2.12 bits per heavy atom. The van der Waals surface area contributed by atoms with Gasteiger partial charge in [0.25, 0.3) is 0 Å². The van der Waals surface area contributed by atoms with Crippen LogP contribution in [0.25, 0.3) is 0 Å². The van der Waals surface area contributed by atoms with Gasteiger partial charge >= 0.3 is 0 Å². The number of amides is 1. The zero-order valence-electron chi connectivity index (χ0n) is 14.8. The number of terminal acetylenes is 1. The van der Waals surface area contributed by atoms with E-state index in [2.05, 4.69) is 10.8 Å². The predicted molar refractivity (Wildman–Crippen MR) is 96.1 cm³/mol. The Labute approximate surface area is 148 Å². The number of hydrogen-bond donors (Lipinski definition) is 0. The summed E-state index contributed by atoms with van der Waals surface area (Å²) in [6.45, 7) is 1.40. The number of ether oxygens (including phenoxy) is 1. The molecule has 1 fully saturated rings. The number of hydrogen-bond acceptors (Lipinski definition) is 3. The summed E-state index contributed by atoms with van der Waals surface area (Å²) in [6.07, 6.45) is 9.74. The summed E-state index contributed by atoms with van der Waals surface area (Å²) in [6, 6.07) is 5.75. The summed E-state index contributed by atoms with van der Waals surface area (Å²) < 4.78 is 18.6. The molecular weight excluding hydrogens is 319 g/mol. The van der Waals surface area contributed by atoms with Crippen molar-refractivity contribution in [2.24, 2.45) is 0 Å². The average molecular weight is 344 g/mol. The number of anilines is 1. The smallest absolute Gasteiger partial charge is 0.241 e. The SMILES string of the molecule is C#Cc1ccc2c(c1)C1(CCCCCCF)OCCN1CC(=O)N2C. The van der Waals surface area contributed by atoms with Crippen LogP contribution in [0.15, 0.2) is 18.2 Å². The molecule has 1 unspecified atom stereocenters. The predicted octanol–water partition coefficient (Wildman–Crippen LogP) is 3.05. The van der Waals surface area contributed by atoms with Crippen molar-refractivity contribution >= 4 is 11.6 Å². The highest BCUT2D eigenvalue weighted by atomic mass is 19.1. The highest BCUT2D eigenvalue weighted by Crippen LogP contribution is 2.45. The van der Waals surface area contributed by atoms with Crippen LogP contribution in [0.5, 0.6) is 0 Å². The van der Waals surface area contributed by atoms with Crippen molar-refractivity contribution in [2.45, 2.75) is 37.8 Å². The van der Waals surface area contributed by atoms with Crippen molar-refractivity contribution < 1.29 is 13.9 Å². The maximum absolute atomic E-state index is 12.6. The molecular formula is C20H25FN2O2. The molecule has 1 amide bonds. The molecule has 2 heterocycles. The van der Waals surface area contributed by atoms with E-state index >= 15 is 0 Å². The minimum atomic E-state index is -0.613. The molecule has 0 spiro atoms. The molecule has 5 heteroatoms. The number of likely N-dealkylation sites (N-methyl/N-ethyl adjacent to an activating group) is 1. The lowest BCUT2D eigenvalue weighted by atomic mass is 9.92. The van der Waals surface area contributed by atoms with E-state index in [0.717, 1.165) is 49.0 Å². The van der Waals surface area contributed by atoms with Gasteiger partial charge in [-0.25, -0.2) is 0 Å². The third kappa shape index (κ3) is 3.29. The Hall–Kier alpha value is -1.90. The Morgan fingerprint density at radius 3 is 2.88 bits per heavy atom. The summed E-state index contributed by atoms with van der Waals surface area (Å²) in [5.41, 5.74) is 2.00. The maximum Gasteiger partial charge on any atom is 0.241 e. The van der Waals surface area contributed by atoms with Crippen molar-refractivity contribution in [2.75, 3.05) is 38.3 Å². The van der Waals surface area contributed by atoms with Crippen molar-refractivity contribution in [1.82, 2.24) is 4.90 Å². The molecule has 1 aromatic carbocycles. The topological polar surface area (TPSA) is 32.8 Å². The Morgan fingerprint density at radius 1 is 1.32 bits per heavy atom. The van der Waals surface area contributed by atoms with Crippen LogP contribution in [-0.4, -0.2) is 44.2 Å². The van der Waals surface area contributed by atoms with E-state index in [1.165, 1.54) is 0 Å². The third-order valence-corrected chi connectivity index (χ3v) is 5.26. The first-order valence-corrected chi connectivity index (χ1v) is 8.95. The van der Waals surface area contributed by atoms with E-state index in [1.807, 2.05) is 18.2 Å². The van der Waals surface area contributed by atoms with Gasteiger partial charge in [-0.1, -0.05) is 18.8 Å². The number of benzene rings is 1. The molecule has 1 atom stereocenters. The second-order valence-corrected chi connectivity index (χ2v) is 6.74. The molecule has 25 heavy (non-hydrogen) atoms. The first-order valence-electron chi connectivity index (χ1n) is 8.95. The molecule has 1 aromatic rings. The number of nitrogens with zero attached hydrogens (tertiary/aromatic N) is 2. The van der Waals surface area contributed by atoms with Gasteiger partial charge in [0.1, 0.15) is 5.72 Å². The van der Waals surface area contributed by atoms with Crippen molar-refractivity contribution in [1.29, 1.82) is 0 Å². The Kier molecular flexibility index (Phi) is 5.41.